The van der Waals surface area contributed by atoms with Gasteiger partial charge in [-0.3, -0.25) is 4.79 Å². The lowest BCUT2D eigenvalue weighted by Crippen LogP contribution is -2.45. The van der Waals surface area contributed by atoms with Crippen molar-refractivity contribution in [3.63, 3.8) is 0 Å². The third-order valence-corrected chi connectivity index (χ3v) is 3.85. The summed E-state index contributed by atoms with van der Waals surface area (Å²) in [6.07, 6.45) is 1.74. The minimum absolute atomic E-state index is 0.118. The molecule has 1 amide bonds. The van der Waals surface area contributed by atoms with Gasteiger partial charge in [-0.05, 0) is 31.9 Å². The van der Waals surface area contributed by atoms with Crippen LogP contribution in [0, 0.1) is 0 Å². The summed E-state index contributed by atoms with van der Waals surface area (Å²) >= 11 is 3.43. The molecule has 1 N–H and O–H groups in total. The molecular weight excluding hydrogens is 322 g/mol. The molecule has 0 radical (unpaired) electrons. The van der Waals surface area contributed by atoms with Crippen LogP contribution in [-0.4, -0.2) is 31.0 Å². The first-order valence-corrected chi connectivity index (χ1v) is 7.71. The number of alkyl halides is 1. The van der Waals surface area contributed by atoms with Crippen molar-refractivity contribution in [1.29, 1.82) is 0 Å². The second-order valence-electron chi connectivity index (χ2n) is 4.91. The second-order valence-corrected chi connectivity index (χ2v) is 5.70. The normalized spacial score (nSPS) is 13.4. The molecule has 1 unspecified atom stereocenters. The molecule has 1 aromatic carbocycles. The summed E-state index contributed by atoms with van der Waals surface area (Å²) in [4.78, 5) is 12.4. The first-order chi connectivity index (χ1) is 9.47. The smallest absolute Gasteiger partial charge is 0.251 e. The van der Waals surface area contributed by atoms with Crippen LogP contribution in [-0.2, 0) is 0 Å². The van der Waals surface area contributed by atoms with Crippen LogP contribution in [0.1, 0.15) is 37.0 Å². The van der Waals surface area contributed by atoms with Crippen LogP contribution in [0.3, 0.4) is 0 Å². The number of hydrogen-bond acceptors (Lipinski definition) is 3. The summed E-state index contributed by atoms with van der Waals surface area (Å²) in [6.45, 7) is 4.11. The molecule has 5 heteroatoms. The summed E-state index contributed by atoms with van der Waals surface area (Å²) in [6, 6.07) is 5.17. The highest BCUT2D eigenvalue weighted by Crippen LogP contribution is 2.24. The van der Waals surface area contributed by atoms with Crippen LogP contribution in [0.2, 0.25) is 0 Å². The maximum absolute atomic E-state index is 12.4. The number of benzene rings is 1. The van der Waals surface area contributed by atoms with Gasteiger partial charge in [0.1, 0.15) is 11.5 Å². The van der Waals surface area contributed by atoms with Crippen LogP contribution in [0.5, 0.6) is 11.5 Å². The number of ether oxygens (including phenoxy) is 2. The predicted molar refractivity (Wildman–Crippen MR) is 84.1 cm³/mol. The lowest BCUT2D eigenvalue weighted by atomic mass is 9.95. The lowest BCUT2D eigenvalue weighted by Gasteiger charge is -2.29. The molecule has 0 aliphatic heterocycles. The zero-order chi connectivity index (χ0) is 15.2. The summed E-state index contributed by atoms with van der Waals surface area (Å²) in [5.74, 6) is 1.09. The molecule has 4 nitrogen and oxygen atoms in total. The second kappa shape index (κ2) is 7.53. The first kappa shape index (κ1) is 16.8. The number of rotatable bonds is 7. The van der Waals surface area contributed by atoms with E-state index in [2.05, 4.69) is 28.2 Å². The van der Waals surface area contributed by atoms with E-state index in [1.807, 2.05) is 6.92 Å². The zero-order valence-electron chi connectivity index (χ0n) is 12.5. The first-order valence-electron chi connectivity index (χ1n) is 6.59. The standard InChI is InChI=1S/C15H22BrNO3/c1-5-15(2,6-7-16)17-14(18)11-8-12(19-3)10-13(9-11)20-4/h8-10H,5-7H2,1-4H3,(H,17,18). The third-order valence-electron chi connectivity index (χ3n) is 3.46. The van der Waals surface area contributed by atoms with Gasteiger partial charge in [0, 0.05) is 22.5 Å². The van der Waals surface area contributed by atoms with Crippen LogP contribution in [0.25, 0.3) is 0 Å². The molecule has 0 heterocycles. The Morgan fingerprint density at radius 2 is 1.80 bits per heavy atom. The van der Waals surface area contributed by atoms with E-state index in [1.54, 1.807) is 32.4 Å². The van der Waals surface area contributed by atoms with Gasteiger partial charge in [0.05, 0.1) is 14.2 Å². The Balaban J connectivity index is 2.96. The van der Waals surface area contributed by atoms with Crippen molar-refractivity contribution in [2.45, 2.75) is 32.2 Å². The van der Waals surface area contributed by atoms with E-state index in [4.69, 9.17) is 9.47 Å². The van der Waals surface area contributed by atoms with Crippen LogP contribution < -0.4 is 14.8 Å². The van der Waals surface area contributed by atoms with Crippen LogP contribution in [0.4, 0.5) is 0 Å². The largest absolute Gasteiger partial charge is 0.497 e. The number of amides is 1. The van der Waals surface area contributed by atoms with E-state index in [9.17, 15) is 4.79 Å². The molecule has 0 aromatic heterocycles. The maximum atomic E-state index is 12.4. The average molecular weight is 344 g/mol. The van der Waals surface area contributed by atoms with Crippen molar-refractivity contribution >= 4 is 21.8 Å². The maximum Gasteiger partial charge on any atom is 0.251 e. The van der Waals surface area contributed by atoms with E-state index < -0.39 is 0 Å². The van der Waals surface area contributed by atoms with Gasteiger partial charge >= 0.3 is 0 Å². The lowest BCUT2D eigenvalue weighted by molar-refractivity contribution is 0.0901. The van der Waals surface area contributed by atoms with Crippen molar-refractivity contribution in [3.8, 4) is 11.5 Å². The fraction of sp³-hybridized carbons (Fsp3) is 0.533. The quantitative estimate of drug-likeness (QED) is 0.772. The number of hydrogen-bond donors (Lipinski definition) is 1. The molecule has 0 spiro atoms. The van der Waals surface area contributed by atoms with Crippen molar-refractivity contribution in [3.05, 3.63) is 23.8 Å². The molecule has 1 atom stereocenters. The van der Waals surface area contributed by atoms with Crippen molar-refractivity contribution in [2.75, 3.05) is 19.5 Å². The number of methoxy groups -OCH3 is 2. The Labute approximate surface area is 129 Å². The van der Waals surface area contributed by atoms with E-state index in [1.165, 1.54) is 0 Å². The Hall–Kier alpha value is -1.23. The Morgan fingerprint density at radius 1 is 1.25 bits per heavy atom. The molecule has 0 fully saturated rings. The minimum Gasteiger partial charge on any atom is -0.497 e. The van der Waals surface area contributed by atoms with Gasteiger partial charge in [-0.2, -0.15) is 0 Å². The van der Waals surface area contributed by atoms with Gasteiger partial charge in [0.15, 0.2) is 0 Å². The van der Waals surface area contributed by atoms with Crippen molar-refractivity contribution < 1.29 is 14.3 Å². The highest BCUT2D eigenvalue weighted by atomic mass is 79.9. The number of nitrogens with one attached hydrogen (secondary N) is 1. The number of carbonyl (C=O) groups excluding carboxylic acids is 1. The molecule has 0 bridgehead atoms. The topological polar surface area (TPSA) is 47.6 Å². The van der Waals surface area contributed by atoms with Gasteiger partial charge in [-0.15, -0.1) is 0 Å². The summed E-state index contributed by atoms with van der Waals surface area (Å²) in [5.41, 5.74) is 0.312. The molecule has 112 valence electrons. The molecule has 1 rings (SSSR count). The third kappa shape index (κ3) is 4.40. The molecule has 1 aromatic rings. The van der Waals surface area contributed by atoms with E-state index >= 15 is 0 Å². The monoisotopic (exact) mass is 343 g/mol. The number of carbonyl (C=O) groups is 1. The Morgan fingerprint density at radius 3 is 2.20 bits per heavy atom. The average Bonchev–Trinajstić information content (AvgIpc) is 2.46. The van der Waals surface area contributed by atoms with E-state index in [-0.39, 0.29) is 11.4 Å². The summed E-state index contributed by atoms with van der Waals surface area (Å²) in [5, 5.41) is 3.93. The molecule has 0 saturated heterocycles. The minimum atomic E-state index is -0.225. The van der Waals surface area contributed by atoms with Gasteiger partial charge in [-0.25, -0.2) is 0 Å². The fourth-order valence-corrected chi connectivity index (χ4v) is 2.70. The molecule has 0 saturated carbocycles. The summed E-state index contributed by atoms with van der Waals surface area (Å²) in [7, 11) is 3.13. The Kier molecular flexibility index (Phi) is 6.33. The SMILES string of the molecule is CCC(C)(CCBr)NC(=O)c1cc(OC)cc(OC)c1. The van der Waals surface area contributed by atoms with E-state index in [0.29, 0.717) is 17.1 Å². The molecular formula is C15H22BrNO3. The molecule has 0 aliphatic rings. The van der Waals surface area contributed by atoms with Crippen molar-refractivity contribution in [2.24, 2.45) is 0 Å². The highest BCUT2D eigenvalue weighted by Gasteiger charge is 2.24. The zero-order valence-corrected chi connectivity index (χ0v) is 14.0. The van der Waals surface area contributed by atoms with Crippen LogP contribution in [0.15, 0.2) is 18.2 Å². The number of halogens is 1. The molecule has 0 aliphatic carbocycles. The van der Waals surface area contributed by atoms with Gasteiger partial charge < -0.3 is 14.8 Å². The van der Waals surface area contributed by atoms with Gasteiger partial charge in [0.25, 0.3) is 5.91 Å². The van der Waals surface area contributed by atoms with Gasteiger partial charge in [-0.1, -0.05) is 22.9 Å². The predicted octanol–water partition coefficient (Wildman–Crippen LogP) is 3.39. The summed E-state index contributed by atoms with van der Waals surface area (Å²) < 4.78 is 10.4. The van der Waals surface area contributed by atoms with Gasteiger partial charge in [0.2, 0.25) is 0 Å². The highest BCUT2D eigenvalue weighted by molar-refractivity contribution is 9.09. The Bertz CT molecular complexity index is 442. The van der Waals surface area contributed by atoms with Crippen LogP contribution >= 0.6 is 15.9 Å². The van der Waals surface area contributed by atoms with E-state index in [0.717, 1.165) is 18.2 Å². The van der Waals surface area contributed by atoms with Crippen molar-refractivity contribution in [1.82, 2.24) is 5.32 Å². The molecule has 20 heavy (non-hydrogen) atoms. The fourth-order valence-electron chi connectivity index (χ4n) is 1.82.